The molecule has 1 unspecified atom stereocenters. The van der Waals surface area contributed by atoms with Crippen LogP contribution in [0.4, 0.5) is 8.78 Å². The van der Waals surface area contributed by atoms with E-state index >= 15 is 0 Å². The molecule has 1 nitrogen and oxygen atoms in total. The van der Waals surface area contributed by atoms with E-state index in [0.29, 0.717) is 15.6 Å². The van der Waals surface area contributed by atoms with E-state index in [4.69, 9.17) is 23.2 Å². The second-order valence-corrected chi connectivity index (χ2v) is 5.35. The Morgan fingerprint density at radius 1 is 1.00 bits per heavy atom. The van der Waals surface area contributed by atoms with Gasteiger partial charge in [0, 0.05) is 15.6 Å². The quantitative estimate of drug-likeness (QED) is 0.850. The molecular formula is C15H13Cl2F2N. The first-order chi connectivity index (χ1) is 9.43. The van der Waals surface area contributed by atoms with Crippen LogP contribution in [0, 0.1) is 18.6 Å². The van der Waals surface area contributed by atoms with Crippen LogP contribution < -0.4 is 5.32 Å². The number of halogens is 4. The Balaban J connectivity index is 2.55. The van der Waals surface area contributed by atoms with E-state index in [9.17, 15) is 8.78 Å². The van der Waals surface area contributed by atoms with Crippen molar-refractivity contribution in [2.75, 3.05) is 7.05 Å². The van der Waals surface area contributed by atoms with Gasteiger partial charge in [-0.2, -0.15) is 0 Å². The van der Waals surface area contributed by atoms with E-state index in [0.717, 1.165) is 0 Å². The number of nitrogens with one attached hydrogen (secondary N) is 1. The highest BCUT2D eigenvalue weighted by molar-refractivity contribution is 6.35. The number of aryl methyl sites for hydroxylation is 1. The zero-order valence-corrected chi connectivity index (χ0v) is 12.5. The highest BCUT2D eigenvalue weighted by atomic mass is 35.5. The van der Waals surface area contributed by atoms with E-state index in [-0.39, 0.29) is 11.1 Å². The molecule has 0 aliphatic carbocycles. The normalized spacial score (nSPS) is 12.5. The van der Waals surface area contributed by atoms with Gasteiger partial charge in [-0.05, 0) is 49.4 Å². The molecule has 20 heavy (non-hydrogen) atoms. The lowest BCUT2D eigenvalue weighted by Crippen LogP contribution is -2.19. The van der Waals surface area contributed by atoms with Gasteiger partial charge in [-0.3, -0.25) is 0 Å². The molecule has 0 heterocycles. The highest BCUT2D eigenvalue weighted by Crippen LogP contribution is 2.32. The predicted molar refractivity (Wildman–Crippen MR) is 78.5 cm³/mol. The average Bonchev–Trinajstić information content (AvgIpc) is 2.38. The van der Waals surface area contributed by atoms with Crippen LogP contribution in [0.2, 0.25) is 10.0 Å². The van der Waals surface area contributed by atoms with E-state index in [1.807, 2.05) is 0 Å². The van der Waals surface area contributed by atoms with Crippen molar-refractivity contribution in [1.82, 2.24) is 5.32 Å². The van der Waals surface area contributed by atoms with Gasteiger partial charge in [-0.1, -0.05) is 29.3 Å². The maximum Gasteiger partial charge on any atom is 0.128 e. The van der Waals surface area contributed by atoms with Crippen molar-refractivity contribution in [2.45, 2.75) is 13.0 Å². The maximum absolute atomic E-state index is 14.1. The molecule has 106 valence electrons. The molecule has 0 spiro atoms. The van der Waals surface area contributed by atoms with Gasteiger partial charge in [-0.25, -0.2) is 8.78 Å². The Morgan fingerprint density at radius 2 is 1.70 bits per heavy atom. The Kier molecular flexibility index (Phi) is 4.63. The predicted octanol–water partition coefficient (Wildman–Crippen LogP) is 4.89. The van der Waals surface area contributed by atoms with Crippen molar-refractivity contribution >= 4 is 23.2 Å². The first-order valence-electron chi connectivity index (χ1n) is 6.01. The standard InChI is InChI=1S/C15H13Cl2F2N/c1-8-5-14(19)11(7-13(8)18)15(20-2)10-4-3-9(16)6-12(10)17/h3-7,15,20H,1-2H3. The van der Waals surface area contributed by atoms with Crippen LogP contribution in [-0.4, -0.2) is 7.05 Å². The van der Waals surface area contributed by atoms with Gasteiger partial charge in [0.2, 0.25) is 0 Å². The molecule has 0 saturated carbocycles. The molecule has 5 heteroatoms. The maximum atomic E-state index is 14.1. The van der Waals surface area contributed by atoms with Gasteiger partial charge in [-0.15, -0.1) is 0 Å². The molecule has 0 radical (unpaired) electrons. The fourth-order valence-corrected chi connectivity index (χ4v) is 2.61. The molecule has 0 amide bonds. The molecule has 0 aliphatic rings. The van der Waals surface area contributed by atoms with Crippen LogP contribution in [-0.2, 0) is 0 Å². The number of benzene rings is 2. The number of rotatable bonds is 3. The summed E-state index contributed by atoms with van der Waals surface area (Å²) in [7, 11) is 1.66. The molecule has 0 fully saturated rings. The van der Waals surface area contributed by atoms with Gasteiger partial charge < -0.3 is 5.32 Å². The summed E-state index contributed by atoms with van der Waals surface area (Å²) in [6, 6.07) is 6.76. The lowest BCUT2D eigenvalue weighted by molar-refractivity contribution is 0.554. The Bertz CT molecular complexity index is 644. The second-order valence-electron chi connectivity index (χ2n) is 4.51. The van der Waals surface area contributed by atoms with Crippen molar-refractivity contribution in [3.05, 3.63) is 68.7 Å². The first kappa shape index (κ1) is 15.2. The van der Waals surface area contributed by atoms with Crippen LogP contribution >= 0.6 is 23.2 Å². The molecule has 0 aromatic heterocycles. The monoisotopic (exact) mass is 315 g/mol. The number of hydrogen-bond acceptors (Lipinski definition) is 1. The fraction of sp³-hybridized carbons (Fsp3) is 0.200. The average molecular weight is 316 g/mol. The van der Waals surface area contributed by atoms with Crippen molar-refractivity contribution in [1.29, 1.82) is 0 Å². The van der Waals surface area contributed by atoms with Gasteiger partial charge in [0.15, 0.2) is 0 Å². The fourth-order valence-electron chi connectivity index (χ4n) is 2.10. The van der Waals surface area contributed by atoms with E-state index in [2.05, 4.69) is 5.32 Å². The first-order valence-corrected chi connectivity index (χ1v) is 6.77. The zero-order valence-electron chi connectivity index (χ0n) is 11.0. The van der Waals surface area contributed by atoms with Crippen molar-refractivity contribution in [2.24, 2.45) is 0 Å². The van der Waals surface area contributed by atoms with Crippen LogP contribution in [0.1, 0.15) is 22.7 Å². The molecular weight excluding hydrogens is 303 g/mol. The third kappa shape index (κ3) is 2.95. The second kappa shape index (κ2) is 6.08. The summed E-state index contributed by atoms with van der Waals surface area (Å²) in [6.45, 7) is 1.52. The Labute approximate surface area is 126 Å². The molecule has 0 saturated heterocycles. The molecule has 1 N–H and O–H groups in total. The van der Waals surface area contributed by atoms with Crippen LogP contribution in [0.3, 0.4) is 0 Å². The largest absolute Gasteiger partial charge is 0.309 e. The summed E-state index contributed by atoms with van der Waals surface area (Å²) in [5.41, 5.74) is 1.11. The number of hydrogen-bond donors (Lipinski definition) is 1. The van der Waals surface area contributed by atoms with Crippen molar-refractivity contribution in [3.8, 4) is 0 Å². The minimum Gasteiger partial charge on any atom is -0.309 e. The van der Waals surface area contributed by atoms with Crippen molar-refractivity contribution < 1.29 is 8.78 Å². The van der Waals surface area contributed by atoms with Crippen LogP contribution in [0.15, 0.2) is 30.3 Å². The SMILES string of the molecule is CNC(c1cc(F)c(C)cc1F)c1ccc(Cl)cc1Cl. The lowest BCUT2D eigenvalue weighted by Gasteiger charge is -2.20. The van der Waals surface area contributed by atoms with Crippen molar-refractivity contribution in [3.63, 3.8) is 0 Å². The smallest absolute Gasteiger partial charge is 0.128 e. The molecule has 0 bridgehead atoms. The Morgan fingerprint density at radius 3 is 2.30 bits per heavy atom. The minimum absolute atomic E-state index is 0.208. The summed E-state index contributed by atoms with van der Waals surface area (Å²) in [5, 5.41) is 3.84. The molecule has 0 aliphatic heterocycles. The lowest BCUT2D eigenvalue weighted by atomic mass is 9.97. The zero-order chi connectivity index (χ0) is 14.9. The van der Waals surface area contributed by atoms with Gasteiger partial charge in [0.25, 0.3) is 0 Å². The molecule has 2 aromatic carbocycles. The highest BCUT2D eigenvalue weighted by Gasteiger charge is 2.20. The minimum atomic E-state index is -0.546. The summed E-state index contributed by atoms with van der Waals surface area (Å²) >= 11 is 12.0. The molecule has 2 aromatic rings. The Hall–Kier alpha value is -1.16. The van der Waals surface area contributed by atoms with Gasteiger partial charge in [0.1, 0.15) is 11.6 Å². The molecule has 1 atom stereocenters. The van der Waals surface area contributed by atoms with Gasteiger partial charge >= 0.3 is 0 Å². The topological polar surface area (TPSA) is 12.0 Å². The third-order valence-corrected chi connectivity index (χ3v) is 3.71. The summed E-state index contributed by atoms with van der Waals surface area (Å²) in [6.07, 6.45) is 0. The summed E-state index contributed by atoms with van der Waals surface area (Å²) in [4.78, 5) is 0. The van der Waals surface area contributed by atoms with Gasteiger partial charge in [0.05, 0.1) is 6.04 Å². The summed E-state index contributed by atoms with van der Waals surface area (Å²) in [5.74, 6) is -0.930. The van der Waals surface area contributed by atoms with Crippen LogP contribution in [0.5, 0.6) is 0 Å². The van der Waals surface area contributed by atoms with Crippen LogP contribution in [0.25, 0.3) is 0 Å². The molecule has 2 rings (SSSR count). The van der Waals surface area contributed by atoms with E-state index in [1.54, 1.807) is 25.2 Å². The third-order valence-electron chi connectivity index (χ3n) is 3.15. The van der Waals surface area contributed by atoms with E-state index in [1.165, 1.54) is 19.1 Å². The summed E-state index contributed by atoms with van der Waals surface area (Å²) < 4.78 is 27.8. The van der Waals surface area contributed by atoms with E-state index < -0.39 is 17.7 Å².